The fourth-order valence-corrected chi connectivity index (χ4v) is 1.16. The molecule has 0 bridgehead atoms. The minimum Gasteiger partial charge on any atom is -0.477 e. The van der Waals surface area contributed by atoms with Gasteiger partial charge in [-0.25, -0.2) is 9.78 Å². The van der Waals surface area contributed by atoms with Crippen LogP contribution in [0.1, 0.15) is 29.8 Å². The minimum absolute atomic E-state index is 0.0810. The van der Waals surface area contributed by atoms with Crippen LogP contribution in [0.15, 0.2) is 24.4 Å². The van der Waals surface area contributed by atoms with Crippen LogP contribution in [0.3, 0.4) is 0 Å². The number of hydrogen-bond donors (Lipinski definition) is 1. The summed E-state index contributed by atoms with van der Waals surface area (Å²) in [5.41, 5.74) is 0.0810. The predicted molar refractivity (Wildman–Crippen MR) is 55.1 cm³/mol. The third-order valence-electron chi connectivity index (χ3n) is 1.96. The van der Waals surface area contributed by atoms with Gasteiger partial charge in [0.25, 0.3) is 0 Å². The van der Waals surface area contributed by atoms with E-state index in [0.29, 0.717) is 12.8 Å². The summed E-state index contributed by atoms with van der Waals surface area (Å²) in [7, 11) is 0. The molecule has 0 unspecified atom stereocenters. The Hall–Kier alpha value is -2.04. The lowest BCUT2D eigenvalue weighted by molar-refractivity contribution is -0.121. The summed E-state index contributed by atoms with van der Waals surface area (Å²) in [6.45, 7) is 0. The topological polar surface area (TPSA) is 84.3 Å². The van der Waals surface area contributed by atoms with E-state index >= 15 is 0 Å². The van der Waals surface area contributed by atoms with Crippen LogP contribution in [-0.2, 0) is 9.59 Å². The van der Waals surface area contributed by atoms with E-state index in [1.165, 1.54) is 12.3 Å². The van der Waals surface area contributed by atoms with Crippen LogP contribution in [0.5, 0.6) is 0 Å². The van der Waals surface area contributed by atoms with Crippen molar-refractivity contribution in [3.63, 3.8) is 0 Å². The number of carboxylic acids is 1. The summed E-state index contributed by atoms with van der Waals surface area (Å²) >= 11 is 0. The van der Waals surface area contributed by atoms with Gasteiger partial charge in [-0.15, -0.1) is 0 Å². The van der Waals surface area contributed by atoms with Crippen LogP contribution >= 0.6 is 0 Å². The molecule has 1 aliphatic carbocycles. The Balaban J connectivity index is 0.000000165. The predicted octanol–water partition coefficient (Wildman–Crippen LogP) is 1.09. The Morgan fingerprint density at radius 3 is 2.06 bits per heavy atom. The van der Waals surface area contributed by atoms with Gasteiger partial charge in [0, 0.05) is 19.0 Å². The van der Waals surface area contributed by atoms with E-state index in [2.05, 4.69) is 4.98 Å². The molecule has 1 heterocycles. The van der Waals surface area contributed by atoms with Crippen molar-refractivity contribution in [3.05, 3.63) is 30.1 Å². The molecule has 5 heteroatoms. The number of Topliss-reactive ketones (excluding diaryl/α,β-unsaturated/α-hetero) is 2. The molecular weight excluding hydrogens is 210 g/mol. The first-order valence-corrected chi connectivity index (χ1v) is 4.77. The molecule has 16 heavy (non-hydrogen) atoms. The molecule has 2 rings (SSSR count). The number of hydrogen-bond acceptors (Lipinski definition) is 4. The molecular formula is C11H11NO4. The number of nitrogens with zero attached hydrogens (tertiary/aromatic N) is 1. The maximum atomic E-state index is 10.2. The van der Waals surface area contributed by atoms with E-state index in [-0.39, 0.29) is 23.7 Å². The van der Waals surface area contributed by atoms with Gasteiger partial charge >= 0.3 is 5.97 Å². The number of pyridine rings is 1. The highest BCUT2D eigenvalue weighted by molar-refractivity contribution is 6.05. The van der Waals surface area contributed by atoms with Crippen molar-refractivity contribution in [3.8, 4) is 0 Å². The number of rotatable bonds is 1. The number of ketones is 2. The van der Waals surface area contributed by atoms with Gasteiger partial charge in [0.15, 0.2) is 0 Å². The van der Waals surface area contributed by atoms with Crippen molar-refractivity contribution >= 4 is 17.5 Å². The molecule has 1 aromatic heterocycles. The van der Waals surface area contributed by atoms with Crippen LogP contribution in [0, 0.1) is 0 Å². The SMILES string of the molecule is O=C(O)c1ccccn1.O=C1CCC(=O)C1. The second kappa shape index (κ2) is 5.75. The first kappa shape index (κ1) is 12.0. The quantitative estimate of drug-likeness (QED) is 0.717. The van der Waals surface area contributed by atoms with E-state index in [9.17, 15) is 14.4 Å². The van der Waals surface area contributed by atoms with Gasteiger partial charge in [-0.1, -0.05) is 6.07 Å². The molecule has 1 saturated carbocycles. The van der Waals surface area contributed by atoms with Crippen LogP contribution in [-0.4, -0.2) is 27.6 Å². The van der Waals surface area contributed by atoms with Crippen molar-refractivity contribution in [1.82, 2.24) is 4.98 Å². The lowest BCUT2D eigenvalue weighted by Gasteiger charge is -1.87. The molecule has 1 fully saturated rings. The fraction of sp³-hybridized carbons (Fsp3) is 0.273. The van der Waals surface area contributed by atoms with Gasteiger partial charge in [0.05, 0.1) is 6.42 Å². The lowest BCUT2D eigenvalue weighted by atomic mass is 10.3. The van der Waals surface area contributed by atoms with Crippen LogP contribution in [0.2, 0.25) is 0 Å². The Bertz CT molecular complexity index is 386. The molecule has 0 aromatic carbocycles. The van der Waals surface area contributed by atoms with Crippen LogP contribution < -0.4 is 0 Å². The zero-order chi connectivity index (χ0) is 12.0. The smallest absolute Gasteiger partial charge is 0.354 e. The fourth-order valence-electron chi connectivity index (χ4n) is 1.16. The second-order valence-corrected chi connectivity index (χ2v) is 3.27. The molecule has 1 N–H and O–H groups in total. The summed E-state index contributed by atoms with van der Waals surface area (Å²) in [4.78, 5) is 34.2. The van der Waals surface area contributed by atoms with Gasteiger partial charge in [0.1, 0.15) is 17.3 Å². The van der Waals surface area contributed by atoms with E-state index < -0.39 is 5.97 Å². The summed E-state index contributed by atoms with van der Waals surface area (Å²) in [6, 6.07) is 4.76. The summed E-state index contributed by atoms with van der Waals surface area (Å²) in [6.07, 6.45) is 2.61. The van der Waals surface area contributed by atoms with Gasteiger partial charge < -0.3 is 5.11 Å². The molecule has 5 nitrogen and oxygen atoms in total. The monoisotopic (exact) mass is 221 g/mol. The molecule has 84 valence electrons. The zero-order valence-electron chi connectivity index (χ0n) is 8.55. The van der Waals surface area contributed by atoms with Crippen molar-refractivity contribution in [2.75, 3.05) is 0 Å². The highest BCUT2D eigenvalue weighted by atomic mass is 16.4. The molecule has 0 aliphatic heterocycles. The van der Waals surface area contributed by atoms with E-state index in [0.717, 1.165) is 0 Å². The maximum Gasteiger partial charge on any atom is 0.354 e. The van der Waals surface area contributed by atoms with E-state index in [4.69, 9.17) is 5.11 Å². The highest BCUT2D eigenvalue weighted by Gasteiger charge is 2.17. The molecule has 1 aromatic rings. The molecule has 0 radical (unpaired) electrons. The molecule has 0 amide bonds. The average molecular weight is 221 g/mol. The van der Waals surface area contributed by atoms with E-state index in [1.54, 1.807) is 12.1 Å². The van der Waals surface area contributed by atoms with E-state index in [1.807, 2.05) is 0 Å². The van der Waals surface area contributed by atoms with Crippen molar-refractivity contribution in [2.24, 2.45) is 0 Å². The summed E-state index contributed by atoms with van der Waals surface area (Å²) < 4.78 is 0. The van der Waals surface area contributed by atoms with Gasteiger partial charge in [-0.3, -0.25) is 9.59 Å². The molecule has 1 aliphatic rings. The first-order chi connectivity index (χ1) is 7.59. The molecule has 0 saturated heterocycles. The van der Waals surface area contributed by atoms with Crippen LogP contribution in [0.4, 0.5) is 0 Å². The first-order valence-electron chi connectivity index (χ1n) is 4.77. The second-order valence-electron chi connectivity index (χ2n) is 3.27. The third kappa shape index (κ3) is 4.00. The standard InChI is InChI=1S/C6H5NO2.C5H6O2/c8-6(9)5-3-1-2-4-7-5;6-4-1-2-5(7)3-4/h1-4H,(H,8,9);1-3H2. The Labute approximate surface area is 92.1 Å². The largest absolute Gasteiger partial charge is 0.477 e. The highest BCUT2D eigenvalue weighted by Crippen LogP contribution is 2.07. The molecule has 0 spiro atoms. The molecule has 0 atom stereocenters. The number of carbonyl (C=O) groups is 3. The number of carboxylic acid groups (broad SMARTS) is 1. The Kier molecular flexibility index (Phi) is 4.32. The Morgan fingerprint density at radius 1 is 1.19 bits per heavy atom. The summed E-state index contributed by atoms with van der Waals surface area (Å²) in [5, 5.41) is 8.32. The lowest BCUT2D eigenvalue weighted by Crippen LogP contribution is -1.97. The average Bonchev–Trinajstić information content (AvgIpc) is 2.65. The number of carbonyl (C=O) groups excluding carboxylic acids is 2. The summed E-state index contributed by atoms with van der Waals surface area (Å²) in [5.74, 6) is -0.786. The van der Waals surface area contributed by atoms with Gasteiger partial charge in [-0.05, 0) is 12.1 Å². The minimum atomic E-state index is -0.990. The third-order valence-corrected chi connectivity index (χ3v) is 1.96. The zero-order valence-corrected chi connectivity index (χ0v) is 8.55. The Morgan fingerprint density at radius 2 is 1.81 bits per heavy atom. The van der Waals surface area contributed by atoms with Gasteiger partial charge in [0.2, 0.25) is 0 Å². The van der Waals surface area contributed by atoms with Gasteiger partial charge in [-0.2, -0.15) is 0 Å². The number of aromatic nitrogens is 1. The number of aromatic carboxylic acids is 1. The van der Waals surface area contributed by atoms with Crippen LogP contribution in [0.25, 0.3) is 0 Å². The van der Waals surface area contributed by atoms with Crippen molar-refractivity contribution < 1.29 is 19.5 Å². The maximum absolute atomic E-state index is 10.2. The van der Waals surface area contributed by atoms with Crippen molar-refractivity contribution in [1.29, 1.82) is 0 Å². The van der Waals surface area contributed by atoms with Crippen molar-refractivity contribution in [2.45, 2.75) is 19.3 Å². The normalized spacial score (nSPS) is 14.2.